The zero-order chi connectivity index (χ0) is 10.1. The van der Waals surface area contributed by atoms with Crippen LogP contribution in [0, 0.1) is 11.3 Å². The van der Waals surface area contributed by atoms with E-state index in [2.05, 4.69) is 12.2 Å². The first-order valence-electron chi connectivity index (χ1n) is 4.91. The van der Waals surface area contributed by atoms with Gasteiger partial charge in [0.15, 0.2) is 0 Å². The van der Waals surface area contributed by atoms with Crippen LogP contribution in [-0.4, -0.2) is 23.7 Å². The van der Waals surface area contributed by atoms with E-state index in [0.29, 0.717) is 5.92 Å². The normalized spacial score (nSPS) is 30.1. The average Bonchev–Trinajstić information content (AvgIpc) is 2.04. The minimum Gasteiger partial charge on any atom is -0.481 e. The van der Waals surface area contributed by atoms with Crippen LogP contribution >= 0.6 is 0 Å². The fraction of sp³-hybridized carbons (Fsp3) is 0.900. The highest BCUT2D eigenvalue weighted by atomic mass is 16.4. The van der Waals surface area contributed by atoms with E-state index in [-0.39, 0.29) is 6.04 Å². The number of rotatable bonds is 2. The number of piperidine rings is 1. The number of aliphatic carboxylic acids is 1. The van der Waals surface area contributed by atoms with Crippen molar-refractivity contribution in [3.8, 4) is 0 Å². The summed E-state index contributed by atoms with van der Waals surface area (Å²) in [5.74, 6) is -0.0658. The van der Waals surface area contributed by atoms with E-state index < -0.39 is 11.4 Å². The molecular weight excluding hydrogens is 166 g/mol. The van der Waals surface area contributed by atoms with Crippen molar-refractivity contribution in [3.05, 3.63) is 0 Å². The summed E-state index contributed by atoms with van der Waals surface area (Å²) < 4.78 is 0. The standard InChI is InChI=1S/C10H19NO2/c1-7-4-5-11-8(6-7)10(2,3)9(12)13/h7-8,11H,4-6H2,1-3H3,(H,12,13)/t7-,8+/m1/s1. The topological polar surface area (TPSA) is 49.3 Å². The Morgan fingerprint density at radius 3 is 2.62 bits per heavy atom. The van der Waals surface area contributed by atoms with Crippen molar-refractivity contribution in [1.82, 2.24) is 5.32 Å². The van der Waals surface area contributed by atoms with E-state index in [1.54, 1.807) is 13.8 Å². The van der Waals surface area contributed by atoms with Gasteiger partial charge in [-0.25, -0.2) is 0 Å². The van der Waals surface area contributed by atoms with E-state index in [9.17, 15) is 4.79 Å². The molecule has 0 radical (unpaired) electrons. The third-order valence-corrected chi connectivity index (χ3v) is 3.09. The van der Waals surface area contributed by atoms with Crippen LogP contribution in [0.2, 0.25) is 0 Å². The molecule has 13 heavy (non-hydrogen) atoms. The Balaban J connectivity index is 2.64. The van der Waals surface area contributed by atoms with E-state index >= 15 is 0 Å². The Kier molecular flexibility index (Phi) is 2.96. The maximum Gasteiger partial charge on any atom is 0.310 e. The van der Waals surface area contributed by atoms with Crippen LogP contribution in [0.3, 0.4) is 0 Å². The van der Waals surface area contributed by atoms with E-state index in [4.69, 9.17) is 5.11 Å². The second-order valence-corrected chi connectivity index (χ2v) is 4.66. The van der Waals surface area contributed by atoms with Crippen molar-refractivity contribution in [3.63, 3.8) is 0 Å². The van der Waals surface area contributed by atoms with Gasteiger partial charge in [-0.1, -0.05) is 6.92 Å². The zero-order valence-corrected chi connectivity index (χ0v) is 8.63. The first-order valence-corrected chi connectivity index (χ1v) is 4.91. The first kappa shape index (κ1) is 10.5. The van der Waals surface area contributed by atoms with Gasteiger partial charge in [-0.3, -0.25) is 4.79 Å². The molecule has 1 heterocycles. The number of carboxylic acid groups (broad SMARTS) is 1. The minimum atomic E-state index is -0.709. The first-order chi connectivity index (χ1) is 5.94. The number of hydrogen-bond acceptors (Lipinski definition) is 2. The summed E-state index contributed by atoms with van der Waals surface area (Å²) >= 11 is 0. The molecule has 0 aromatic heterocycles. The maximum absolute atomic E-state index is 11.0. The molecule has 1 aliphatic rings. The lowest BCUT2D eigenvalue weighted by atomic mass is 9.77. The number of carbonyl (C=O) groups is 1. The second kappa shape index (κ2) is 3.66. The second-order valence-electron chi connectivity index (χ2n) is 4.66. The fourth-order valence-electron chi connectivity index (χ4n) is 1.81. The van der Waals surface area contributed by atoms with Crippen molar-refractivity contribution >= 4 is 5.97 Å². The smallest absolute Gasteiger partial charge is 0.310 e. The predicted octanol–water partition coefficient (Wildman–Crippen LogP) is 1.49. The summed E-state index contributed by atoms with van der Waals surface area (Å²) in [5.41, 5.74) is -0.644. The summed E-state index contributed by atoms with van der Waals surface area (Å²) in [7, 11) is 0. The molecule has 2 atom stereocenters. The summed E-state index contributed by atoms with van der Waals surface area (Å²) in [6, 6.07) is 0.119. The molecule has 0 bridgehead atoms. The van der Waals surface area contributed by atoms with Crippen LogP contribution < -0.4 is 5.32 Å². The lowest BCUT2D eigenvalue weighted by Gasteiger charge is -2.36. The highest BCUT2D eigenvalue weighted by Crippen LogP contribution is 2.29. The number of carboxylic acids is 1. The Morgan fingerprint density at radius 1 is 1.54 bits per heavy atom. The van der Waals surface area contributed by atoms with Crippen LogP contribution in [0.5, 0.6) is 0 Å². The molecule has 1 saturated heterocycles. The van der Waals surface area contributed by atoms with Crippen LogP contribution in [0.25, 0.3) is 0 Å². The van der Waals surface area contributed by atoms with Gasteiger partial charge in [0, 0.05) is 6.04 Å². The van der Waals surface area contributed by atoms with Gasteiger partial charge in [-0.05, 0) is 39.2 Å². The quantitative estimate of drug-likeness (QED) is 0.685. The molecule has 0 aromatic carbocycles. The molecule has 0 aromatic rings. The van der Waals surface area contributed by atoms with E-state index in [0.717, 1.165) is 19.4 Å². The third-order valence-electron chi connectivity index (χ3n) is 3.09. The van der Waals surface area contributed by atoms with Gasteiger partial charge in [0.2, 0.25) is 0 Å². The average molecular weight is 185 g/mol. The SMILES string of the molecule is C[C@@H]1CCN[C@H](C(C)(C)C(=O)O)C1. The molecular formula is C10H19NO2. The van der Waals surface area contributed by atoms with Gasteiger partial charge in [-0.15, -0.1) is 0 Å². The maximum atomic E-state index is 11.0. The molecule has 1 rings (SSSR count). The molecule has 76 valence electrons. The summed E-state index contributed by atoms with van der Waals surface area (Å²) in [6.45, 7) is 6.73. The Labute approximate surface area is 79.5 Å². The van der Waals surface area contributed by atoms with Gasteiger partial charge >= 0.3 is 5.97 Å². The summed E-state index contributed by atoms with van der Waals surface area (Å²) in [6.07, 6.45) is 2.13. The van der Waals surface area contributed by atoms with E-state index in [1.165, 1.54) is 0 Å². The molecule has 1 aliphatic heterocycles. The molecule has 0 amide bonds. The Hall–Kier alpha value is -0.570. The Morgan fingerprint density at radius 2 is 2.15 bits per heavy atom. The van der Waals surface area contributed by atoms with Crippen molar-refractivity contribution in [2.45, 2.75) is 39.7 Å². The molecule has 0 aliphatic carbocycles. The lowest BCUT2D eigenvalue weighted by molar-refractivity contribution is -0.149. The number of hydrogen-bond donors (Lipinski definition) is 2. The Bertz CT molecular complexity index is 201. The molecule has 0 spiro atoms. The monoisotopic (exact) mass is 185 g/mol. The highest BCUT2D eigenvalue weighted by Gasteiger charge is 2.38. The molecule has 3 heteroatoms. The lowest BCUT2D eigenvalue weighted by Crippen LogP contribution is -2.50. The third kappa shape index (κ3) is 2.21. The molecule has 1 fully saturated rings. The van der Waals surface area contributed by atoms with Crippen LogP contribution in [0.1, 0.15) is 33.6 Å². The zero-order valence-electron chi connectivity index (χ0n) is 8.63. The molecule has 3 nitrogen and oxygen atoms in total. The fourth-order valence-corrected chi connectivity index (χ4v) is 1.81. The minimum absolute atomic E-state index is 0.119. The largest absolute Gasteiger partial charge is 0.481 e. The van der Waals surface area contributed by atoms with Crippen LogP contribution in [0.4, 0.5) is 0 Å². The summed E-state index contributed by atoms with van der Waals surface area (Å²) in [4.78, 5) is 11.0. The van der Waals surface area contributed by atoms with Crippen molar-refractivity contribution < 1.29 is 9.90 Å². The molecule has 0 unspecified atom stereocenters. The van der Waals surface area contributed by atoms with Crippen molar-refractivity contribution in [2.75, 3.05) is 6.54 Å². The van der Waals surface area contributed by atoms with Gasteiger partial charge in [0.1, 0.15) is 0 Å². The highest BCUT2D eigenvalue weighted by molar-refractivity contribution is 5.74. The van der Waals surface area contributed by atoms with Gasteiger partial charge < -0.3 is 10.4 Å². The van der Waals surface area contributed by atoms with Crippen LogP contribution in [0.15, 0.2) is 0 Å². The van der Waals surface area contributed by atoms with Gasteiger partial charge in [0.05, 0.1) is 5.41 Å². The number of nitrogens with one attached hydrogen (secondary N) is 1. The van der Waals surface area contributed by atoms with Crippen molar-refractivity contribution in [2.24, 2.45) is 11.3 Å². The molecule has 2 N–H and O–H groups in total. The van der Waals surface area contributed by atoms with Gasteiger partial charge in [-0.2, -0.15) is 0 Å². The van der Waals surface area contributed by atoms with Crippen molar-refractivity contribution in [1.29, 1.82) is 0 Å². The van der Waals surface area contributed by atoms with E-state index in [1.807, 2.05) is 0 Å². The predicted molar refractivity (Wildman–Crippen MR) is 51.6 cm³/mol. The van der Waals surface area contributed by atoms with Gasteiger partial charge in [0.25, 0.3) is 0 Å². The van der Waals surface area contributed by atoms with Crippen LogP contribution in [-0.2, 0) is 4.79 Å². The molecule has 0 saturated carbocycles. The summed E-state index contributed by atoms with van der Waals surface area (Å²) in [5, 5.41) is 12.3.